The van der Waals surface area contributed by atoms with Crippen molar-refractivity contribution in [3.8, 4) is 5.75 Å². The predicted octanol–water partition coefficient (Wildman–Crippen LogP) is 4.87. The Bertz CT molecular complexity index is 1330. The van der Waals surface area contributed by atoms with E-state index >= 15 is 0 Å². The zero-order chi connectivity index (χ0) is 22.5. The molecule has 0 fully saturated rings. The monoisotopic (exact) mass is 423 g/mol. The van der Waals surface area contributed by atoms with E-state index in [0.29, 0.717) is 22.4 Å². The molecule has 0 bridgehead atoms. The van der Waals surface area contributed by atoms with Crippen molar-refractivity contribution >= 4 is 34.5 Å². The number of carbonyl (C=O) groups excluding carboxylic acids is 2. The van der Waals surface area contributed by atoms with E-state index in [2.05, 4.69) is 15.8 Å². The summed E-state index contributed by atoms with van der Waals surface area (Å²) in [5, 5.41) is 18.7. The van der Waals surface area contributed by atoms with Gasteiger partial charge in [0.15, 0.2) is 0 Å². The molecule has 6 nitrogen and oxygen atoms in total. The van der Waals surface area contributed by atoms with Crippen molar-refractivity contribution in [1.29, 1.82) is 0 Å². The lowest BCUT2D eigenvalue weighted by molar-refractivity contribution is 0.0954. The van der Waals surface area contributed by atoms with Crippen molar-refractivity contribution in [3.05, 3.63) is 107 Å². The van der Waals surface area contributed by atoms with E-state index in [9.17, 15) is 14.7 Å². The first-order chi connectivity index (χ1) is 15.5. The zero-order valence-corrected chi connectivity index (χ0v) is 17.4. The van der Waals surface area contributed by atoms with E-state index in [-0.39, 0.29) is 11.7 Å². The number of anilines is 1. The Balaban J connectivity index is 1.41. The van der Waals surface area contributed by atoms with Crippen molar-refractivity contribution in [1.82, 2.24) is 5.43 Å². The standard InChI is InChI=1S/C26H21N3O3/c1-17-5-4-7-20(15-17)25(31)28-21-12-9-19(10-13-21)26(32)29-27-16-23-22-8-3-2-6-18(22)11-14-24(23)30/h2-16,30H,1H3,(H,28,31)(H,29,32)/b27-16-. The van der Waals surface area contributed by atoms with Crippen molar-refractivity contribution in [2.45, 2.75) is 6.92 Å². The van der Waals surface area contributed by atoms with Crippen molar-refractivity contribution in [3.63, 3.8) is 0 Å². The number of hydrazone groups is 1. The highest BCUT2D eigenvalue weighted by Crippen LogP contribution is 2.25. The number of nitrogens with zero attached hydrogens (tertiary/aromatic N) is 1. The summed E-state index contributed by atoms with van der Waals surface area (Å²) in [5.74, 6) is -0.543. The van der Waals surface area contributed by atoms with Gasteiger partial charge in [-0.3, -0.25) is 9.59 Å². The summed E-state index contributed by atoms with van der Waals surface area (Å²) in [7, 11) is 0. The molecular formula is C26H21N3O3. The van der Waals surface area contributed by atoms with Gasteiger partial charge in [0.05, 0.1) is 6.21 Å². The molecule has 0 aliphatic rings. The summed E-state index contributed by atoms with van der Waals surface area (Å²) in [6, 6.07) is 24.8. The number of aryl methyl sites for hydroxylation is 1. The van der Waals surface area contributed by atoms with Gasteiger partial charge in [0.2, 0.25) is 0 Å². The van der Waals surface area contributed by atoms with Crippen LogP contribution in [0.5, 0.6) is 5.75 Å². The van der Waals surface area contributed by atoms with Gasteiger partial charge < -0.3 is 10.4 Å². The van der Waals surface area contributed by atoms with Gasteiger partial charge in [-0.15, -0.1) is 0 Å². The number of benzene rings is 4. The zero-order valence-electron chi connectivity index (χ0n) is 17.4. The Hall–Kier alpha value is -4.45. The number of fused-ring (bicyclic) bond motifs is 1. The molecule has 0 unspecified atom stereocenters. The maximum Gasteiger partial charge on any atom is 0.271 e. The highest BCUT2D eigenvalue weighted by atomic mass is 16.3. The first-order valence-electron chi connectivity index (χ1n) is 10.0. The average molecular weight is 423 g/mol. The van der Waals surface area contributed by atoms with Gasteiger partial charge in [-0.2, -0.15) is 5.10 Å². The van der Waals surface area contributed by atoms with Crippen LogP contribution in [0, 0.1) is 6.92 Å². The largest absolute Gasteiger partial charge is 0.507 e. The third kappa shape index (κ3) is 4.65. The molecule has 3 N–H and O–H groups in total. The molecule has 0 aliphatic carbocycles. The number of amides is 2. The molecular weight excluding hydrogens is 402 g/mol. The topological polar surface area (TPSA) is 90.8 Å². The van der Waals surface area contributed by atoms with Gasteiger partial charge in [-0.25, -0.2) is 5.43 Å². The van der Waals surface area contributed by atoms with Crippen LogP contribution in [0.1, 0.15) is 31.8 Å². The molecule has 0 radical (unpaired) electrons. The Kier molecular flexibility index (Phi) is 5.94. The van der Waals surface area contributed by atoms with Crippen LogP contribution >= 0.6 is 0 Å². The highest BCUT2D eigenvalue weighted by molar-refractivity contribution is 6.05. The molecule has 2 amide bonds. The Morgan fingerprint density at radius 3 is 2.41 bits per heavy atom. The number of carbonyl (C=O) groups is 2. The Morgan fingerprint density at radius 2 is 1.62 bits per heavy atom. The van der Waals surface area contributed by atoms with Crippen LogP contribution in [-0.4, -0.2) is 23.1 Å². The number of hydrogen-bond donors (Lipinski definition) is 3. The molecule has 0 atom stereocenters. The summed E-state index contributed by atoms with van der Waals surface area (Å²) in [6.07, 6.45) is 1.42. The summed E-state index contributed by atoms with van der Waals surface area (Å²) < 4.78 is 0. The number of nitrogens with one attached hydrogen (secondary N) is 2. The summed E-state index contributed by atoms with van der Waals surface area (Å²) in [4.78, 5) is 24.8. The minimum atomic E-state index is -0.405. The highest BCUT2D eigenvalue weighted by Gasteiger charge is 2.09. The van der Waals surface area contributed by atoms with Crippen LogP contribution in [0.25, 0.3) is 10.8 Å². The fourth-order valence-corrected chi connectivity index (χ4v) is 3.33. The fourth-order valence-electron chi connectivity index (χ4n) is 3.33. The predicted molar refractivity (Wildman–Crippen MR) is 126 cm³/mol. The first kappa shape index (κ1) is 20.8. The number of aromatic hydroxyl groups is 1. The molecule has 158 valence electrons. The van der Waals surface area contributed by atoms with Gasteiger partial charge >= 0.3 is 0 Å². The normalized spacial score (nSPS) is 10.9. The Morgan fingerprint density at radius 1 is 0.844 bits per heavy atom. The molecule has 4 rings (SSSR count). The third-order valence-corrected chi connectivity index (χ3v) is 4.99. The third-order valence-electron chi connectivity index (χ3n) is 4.99. The van der Waals surface area contributed by atoms with Gasteiger partial charge in [0.1, 0.15) is 5.75 Å². The molecule has 0 spiro atoms. The second kappa shape index (κ2) is 9.14. The second-order valence-corrected chi connectivity index (χ2v) is 7.32. The second-order valence-electron chi connectivity index (χ2n) is 7.32. The van der Waals surface area contributed by atoms with Crippen LogP contribution in [0.3, 0.4) is 0 Å². The number of phenolic OH excluding ortho intramolecular Hbond substituents is 1. The summed E-state index contributed by atoms with van der Waals surface area (Å²) in [6.45, 7) is 1.92. The van der Waals surface area contributed by atoms with Crippen molar-refractivity contribution in [2.24, 2.45) is 5.10 Å². The minimum Gasteiger partial charge on any atom is -0.507 e. The number of rotatable bonds is 5. The van der Waals surface area contributed by atoms with Crippen LogP contribution in [0.15, 0.2) is 90.0 Å². The molecule has 0 aromatic heterocycles. The molecule has 4 aromatic rings. The first-order valence-corrected chi connectivity index (χ1v) is 10.0. The van der Waals surface area contributed by atoms with E-state index in [1.165, 1.54) is 6.21 Å². The molecule has 0 aliphatic heterocycles. The SMILES string of the molecule is Cc1cccc(C(=O)Nc2ccc(C(=O)N/N=C\c3c(O)ccc4ccccc34)cc2)c1. The quantitative estimate of drug-likeness (QED) is 0.316. The molecule has 4 aromatic carbocycles. The maximum atomic E-state index is 12.4. The van der Waals surface area contributed by atoms with Crippen LogP contribution in [0.2, 0.25) is 0 Å². The molecule has 0 saturated heterocycles. The number of hydrogen-bond acceptors (Lipinski definition) is 4. The maximum absolute atomic E-state index is 12.4. The van der Waals surface area contributed by atoms with E-state index in [1.807, 2.05) is 55.5 Å². The van der Waals surface area contributed by atoms with Gasteiger partial charge in [-0.05, 0) is 60.2 Å². The van der Waals surface area contributed by atoms with Gasteiger partial charge in [0, 0.05) is 22.4 Å². The van der Waals surface area contributed by atoms with Gasteiger partial charge in [-0.1, -0.05) is 48.0 Å². The average Bonchev–Trinajstić information content (AvgIpc) is 2.81. The van der Waals surface area contributed by atoms with Crippen molar-refractivity contribution in [2.75, 3.05) is 5.32 Å². The lowest BCUT2D eigenvalue weighted by Crippen LogP contribution is -2.18. The van der Waals surface area contributed by atoms with E-state index < -0.39 is 5.91 Å². The summed E-state index contributed by atoms with van der Waals surface area (Å²) in [5.41, 5.74) is 5.53. The van der Waals surface area contributed by atoms with Crippen molar-refractivity contribution < 1.29 is 14.7 Å². The van der Waals surface area contributed by atoms with E-state index in [0.717, 1.165) is 16.3 Å². The molecule has 32 heavy (non-hydrogen) atoms. The summed E-state index contributed by atoms with van der Waals surface area (Å²) >= 11 is 0. The number of phenols is 1. The van der Waals surface area contributed by atoms with Gasteiger partial charge in [0.25, 0.3) is 11.8 Å². The lowest BCUT2D eigenvalue weighted by Gasteiger charge is -2.07. The van der Waals surface area contributed by atoms with E-state index in [1.54, 1.807) is 36.4 Å². The molecule has 6 heteroatoms. The van der Waals surface area contributed by atoms with Crippen LogP contribution in [-0.2, 0) is 0 Å². The lowest BCUT2D eigenvalue weighted by atomic mass is 10.0. The minimum absolute atomic E-state index is 0.0791. The van der Waals surface area contributed by atoms with Crippen LogP contribution < -0.4 is 10.7 Å². The molecule has 0 saturated carbocycles. The fraction of sp³-hybridized carbons (Fsp3) is 0.0385. The smallest absolute Gasteiger partial charge is 0.271 e. The van der Waals surface area contributed by atoms with Crippen LogP contribution in [0.4, 0.5) is 5.69 Å². The molecule has 0 heterocycles. The van der Waals surface area contributed by atoms with E-state index in [4.69, 9.17) is 0 Å². The Labute approximate surface area is 185 Å².